The van der Waals surface area contributed by atoms with Crippen LogP contribution in [0.3, 0.4) is 0 Å². The second-order valence-corrected chi connectivity index (χ2v) is 7.43. The number of nitrogens with zero attached hydrogens (tertiary/aromatic N) is 2. The molecule has 0 spiro atoms. The van der Waals surface area contributed by atoms with E-state index in [1.165, 1.54) is 11.3 Å². The van der Waals surface area contributed by atoms with Crippen LogP contribution in [0, 0.1) is 0 Å². The van der Waals surface area contributed by atoms with Gasteiger partial charge in [-0.25, -0.2) is 14.8 Å². The summed E-state index contributed by atoms with van der Waals surface area (Å²) in [7, 11) is 0. The summed E-state index contributed by atoms with van der Waals surface area (Å²) in [5.41, 5.74) is 8.34. The Labute approximate surface area is 158 Å². The van der Waals surface area contributed by atoms with Crippen molar-refractivity contribution in [2.75, 3.05) is 12.3 Å². The fourth-order valence-electron chi connectivity index (χ4n) is 2.69. The Morgan fingerprint density at radius 1 is 1.15 bits per heavy atom. The van der Waals surface area contributed by atoms with Crippen molar-refractivity contribution in [3.05, 3.63) is 52.7 Å². The summed E-state index contributed by atoms with van der Waals surface area (Å²) < 4.78 is 5.13. The van der Waals surface area contributed by atoms with E-state index in [9.17, 15) is 4.79 Å². The zero-order valence-electron chi connectivity index (χ0n) is 13.9. The first kappa shape index (κ1) is 16.7. The highest BCUT2D eigenvalue weighted by Gasteiger charge is 2.23. The summed E-state index contributed by atoms with van der Waals surface area (Å²) >= 11 is 2.82. The average molecular weight is 381 g/mol. The molecule has 0 amide bonds. The molecule has 1 aromatic carbocycles. The fourth-order valence-corrected chi connectivity index (χ4v) is 4.34. The molecule has 5 nitrogen and oxygen atoms in total. The van der Waals surface area contributed by atoms with Gasteiger partial charge < -0.3 is 10.5 Å². The third kappa shape index (κ3) is 2.85. The van der Waals surface area contributed by atoms with E-state index in [1.807, 2.05) is 47.8 Å². The second kappa shape index (κ2) is 6.86. The van der Waals surface area contributed by atoms with Crippen molar-refractivity contribution < 1.29 is 9.53 Å². The summed E-state index contributed by atoms with van der Waals surface area (Å²) in [4.78, 5) is 23.7. The van der Waals surface area contributed by atoms with Crippen molar-refractivity contribution in [1.82, 2.24) is 9.97 Å². The van der Waals surface area contributed by atoms with Gasteiger partial charge in [0.1, 0.15) is 9.71 Å². The number of fused-ring (bicyclic) bond motifs is 1. The molecule has 0 saturated heterocycles. The number of thiophene rings is 2. The van der Waals surface area contributed by atoms with E-state index in [0.29, 0.717) is 33.2 Å². The summed E-state index contributed by atoms with van der Waals surface area (Å²) in [5, 5.41) is 2.68. The number of benzene rings is 1. The summed E-state index contributed by atoms with van der Waals surface area (Å²) in [6.45, 7) is 2.07. The lowest BCUT2D eigenvalue weighted by Crippen LogP contribution is -2.05. The molecule has 26 heavy (non-hydrogen) atoms. The van der Waals surface area contributed by atoms with Crippen LogP contribution in [0.2, 0.25) is 0 Å². The van der Waals surface area contributed by atoms with E-state index in [1.54, 1.807) is 18.3 Å². The third-order valence-electron chi connectivity index (χ3n) is 3.84. The Morgan fingerprint density at radius 2 is 1.96 bits per heavy atom. The minimum Gasteiger partial charge on any atom is -0.462 e. The number of rotatable bonds is 4. The normalized spacial score (nSPS) is 11.0. The largest absolute Gasteiger partial charge is 0.462 e. The molecule has 3 heterocycles. The van der Waals surface area contributed by atoms with Gasteiger partial charge in [-0.2, -0.15) is 0 Å². The maximum absolute atomic E-state index is 12.3. The number of nitrogens with two attached hydrogens (primary N) is 1. The summed E-state index contributed by atoms with van der Waals surface area (Å²) in [6, 6.07) is 13.7. The molecule has 0 aliphatic heterocycles. The van der Waals surface area contributed by atoms with Gasteiger partial charge in [-0.1, -0.05) is 36.4 Å². The number of anilines is 1. The molecule has 0 fully saturated rings. The average Bonchev–Trinajstić information content (AvgIpc) is 3.30. The highest BCUT2D eigenvalue weighted by atomic mass is 32.1. The van der Waals surface area contributed by atoms with Gasteiger partial charge in [-0.05, 0) is 18.4 Å². The SMILES string of the molecule is CCOC(=O)c1sc2nc(-c3cccs3)nc(-c3ccccc3)c2c1N. The predicted molar refractivity (Wildman–Crippen MR) is 107 cm³/mol. The molecule has 3 aromatic heterocycles. The number of esters is 1. The third-order valence-corrected chi connectivity index (χ3v) is 5.78. The van der Waals surface area contributed by atoms with E-state index < -0.39 is 5.97 Å². The first-order valence-electron chi connectivity index (χ1n) is 8.05. The predicted octanol–water partition coefficient (Wildman–Crippen LogP) is 4.85. The van der Waals surface area contributed by atoms with Crippen LogP contribution in [0.25, 0.3) is 32.2 Å². The molecule has 0 unspecified atom stereocenters. The molecule has 0 aliphatic rings. The van der Waals surface area contributed by atoms with Crippen molar-refractivity contribution in [3.63, 3.8) is 0 Å². The topological polar surface area (TPSA) is 78.1 Å². The van der Waals surface area contributed by atoms with Crippen LogP contribution in [0.1, 0.15) is 16.6 Å². The molecule has 4 rings (SSSR count). The van der Waals surface area contributed by atoms with Crippen molar-refractivity contribution in [1.29, 1.82) is 0 Å². The van der Waals surface area contributed by atoms with Crippen molar-refractivity contribution >= 4 is 44.5 Å². The molecular weight excluding hydrogens is 366 g/mol. The molecule has 7 heteroatoms. The number of hydrogen-bond acceptors (Lipinski definition) is 7. The van der Waals surface area contributed by atoms with Gasteiger partial charge in [0, 0.05) is 5.56 Å². The monoisotopic (exact) mass is 381 g/mol. The van der Waals surface area contributed by atoms with Gasteiger partial charge in [-0.3, -0.25) is 0 Å². The number of nitrogen functional groups attached to an aromatic ring is 1. The lowest BCUT2D eigenvalue weighted by molar-refractivity contribution is 0.0533. The van der Waals surface area contributed by atoms with E-state index >= 15 is 0 Å². The second-order valence-electron chi connectivity index (χ2n) is 5.48. The van der Waals surface area contributed by atoms with Crippen LogP contribution >= 0.6 is 22.7 Å². The van der Waals surface area contributed by atoms with Crippen LogP contribution in [-0.4, -0.2) is 22.5 Å². The van der Waals surface area contributed by atoms with Gasteiger partial charge in [0.2, 0.25) is 0 Å². The van der Waals surface area contributed by atoms with E-state index in [0.717, 1.165) is 16.1 Å². The van der Waals surface area contributed by atoms with Crippen molar-refractivity contribution in [2.45, 2.75) is 6.92 Å². The Bertz CT molecular complexity index is 1070. The number of ether oxygens (including phenoxy) is 1. The fraction of sp³-hybridized carbons (Fsp3) is 0.105. The summed E-state index contributed by atoms with van der Waals surface area (Å²) in [5.74, 6) is 0.202. The number of aromatic nitrogens is 2. The molecule has 2 N–H and O–H groups in total. The maximum Gasteiger partial charge on any atom is 0.350 e. The minimum atomic E-state index is -0.426. The minimum absolute atomic E-state index is 0.296. The van der Waals surface area contributed by atoms with Gasteiger partial charge in [0.25, 0.3) is 0 Å². The van der Waals surface area contributed by atoms with Gasteiger partial charge in [0.15, 0.2) is 5.82 Å². The molecule has 0 saturated carbocycles. The zero-order valence-corrected chi connectivity index (χ0v) is 15.6. The lowest BCUT2D eigenvalue weighted by Gasteiger charge is -2.06. The number of hydrogen-bond donors (Lipinski definition) is 1. The summed E-state index contributed by atoms with van der Waals surface area (Å²) in [6.07, 6.45) is 0. The van der Waals surface area contributed by atoms with E-state index in [2.05, 4.69) is 4.98 Å². The Kier molecular flexibility index (Phi) is 4.40. The van der Waals surface area contributed by atoms with E-state index in [4.69, 9.17) is 15.5 Å². The van der Waals surface area contributed by atoms with Gasteiger partial charge >= 0.3 is 5.97 Å². The molecule has 4 aromatic rings. The molecule has 0 aliphatic carbocycles. The first-order chi connectivity index (χ1) is 12.7. The van der Waals surface area contributed by atoms with Crippen LogP contribution in [0.15, 0.2) is 47.8 Å². The van der Waals surface area contributed by atoms with Crippen molar-refractivity contribution in [2.24, 2.45) is 0 Å². The van der Waals surface area contributed by atoms with Crippen LogP contribution in [0.4, 0.5) is 5.69 Å². The quantitative estimate of drug-likeness (QED) is 0.512. The van der Waals surface area contributed by atoms with Crippen LogP contribution < -0.4 is 5.73 Å². The van der Waals surface area contributed by atoms with Crippen LogP contribution in [0.5, 0.6) is 0 Å². The Balaban J connectivity index is 2.01. The maximum atomic E-state index is 12.3. The molecule has 0 atom stereocenters. The molecule has 130 valence electrons. The lowest BCUT2D eigenvalue weighted by atomic mass is 10.1. The van der Waals surface area contributed by atoms with Crippen LogP contribution in [-0.2, 0) is 4.74 Å². The van der Waals surface area contributed by atoms with Gasteiger partial charge in [-0.15, -0.1) is 22.7 Å². The number of carbonyl (C=O) groups excluding carboxylic acids is 1. The number of carbonyl (C=O) groups is 1. The van der Waals surface area contributed by atoms with Gasteiger partial charge in [0.05, 0.1) is 28.3 Å². The molecule has 0 bridgehead atoms. The smallest absolute Gasteiger partial charge is 0.350 e. The van der Waals surface area contributed by atoms with Crippen molar-refractivity contribution in [3.8, 4) is 22.0 Å². The Morgan fingerprint density at radius 3 is 2.65 bits per heavy atom. The molecular formula is C19H15N3O2S2. The zero-order chi connectivity index (χ0) is 18.1. The standard InChI is InChI=1S/C19H15N3O2S2/c1-2-24-19(23)16-14(20)13-15(11-7-4-3-5-8-11)21-17(22-18(13)26-16)12-9-6-10-25-12/h3-10H,2,20H2,1H3. The van der Waals surface area contributed by atoms with E-state index in [-0.39, 0.29) is 0 Å². The highest BCUT2D eigenvalue weighted by molar-refractivity contribution is 7.21. The first-order valence-corrected chi connectivity index (χ1v) is 9.75. The highest BCUT2D eigenvalue weighted by Crippen LogP contribution is 2.40. The Hall–Kier alpha value is -2.77. The molecule has 0 radical (unpaired) electrons.